The Hall–Kier alpha value is -3.41. The molecule has 1 amide bonds. The summed E-state index contributed by atoms with van der Waals surface area (Å²) in [6.45, 7) is 0.0540. The second kappa shape index (κ2) is 6.72. The van der Waals surface area contributed by atoms with Crippen LogP contribution >= 0.6 is 0 Å². The van der Waals surface area contributed by atoms with E-state index in [4.69, 9.17) is 4.74 Å². The molecule has 136 valence electrons. The molecule has 0 saturated carbocycles. The standard InChI is InChI=1S/C21H15F2NO3/c22-12-9-18(23)20(25)19(10-12)24-21(26)27-11-17-15-7-3-1-5-13(15)14-6-2-4-8-16(14)17/h1-10,17,25H,11H2,(H,24,26). The number of carbonyl (C=O) groups excluding carboxylic acids is 1. The van der Waals surface area contributed by atoms with E-state index in [1.165, 1.54) is 0 Å². The Balaban J connectivity index is 1.52. The maximum atomic E-state index is 13.4. The minimum Gasteiger partial charge on any atom is -0.503 e. The molecule has 1 aliphatic rings. The lowest BCUT2D eigenvalue weighted by atomic mass is 9.98. The molecule has 3 aromatic rings. The number of ether oxygens (including phenoxy) is 1. The average molecular weight is 367 g/mol. The third-order valence-corrected chi connectivity index (χ3v) is 4.61. The fraction of sp³-hybridized carbons (Fsp3) is 0.0952. The van der Waals surface area contributed by atoms with Gasteiger partial charge in [0.15, 0.2) is 11.6 Å². The normalized spacial score (nSPS) is 12.4. The van der Waals surface area contributed by atoms with Gasteiger partial charge in [-0.3, -0.25) is 5.32 Å². The van der Waals surface area contributed by atoms with Crippen molar-refractivity contribution in [2.75, 3.05) is 11.9 Å². The summed E-state index contributed by atoms with van der Waals surface area (Å²) in [6, 6.07) is 17.1. The van der Waals surface area contributed by atoms with Crippen LogP contribution in [0.15, 0.2) is 60.7 Å². The van der Waals surface area contributed by atoms with Crippen LogP contribution in [-0.2, 0) is 4.74 Å². The fourth-order valence-corrected chi connectivity index (χ4v) is 3.41. The summed E-state index contributed by atoms with van der Waals surface area (Å²) in [6.07, 6.45) is -0.905. The van der Waals surface area contributed by atoms with E-state index in [0.29, 0.717) is 6.07 Å². The van der Waals surface area contributed by atoms with E-state index in [2.05, 4.69) is 5.32 Å². The van der Waals surface area contributed by atoms with Crippen molar-refractivity contribution < 1.29 is 23.4 Å². The highest BCUT2D eigenvalue weighted by molar-refractivity contribution is 5.87. The SMILES string of the molecule is O=C(Nc1cc(F)cc(F)c1O)OCC1c2ccccc2-c2ccccc21. The lowest BCUT2D eigenvalue weighted by molar-refractivity contribution is 0.158. The van der Waals surface area contributed by atoms with Gasteiger partial charge in [-0.2, -0.15) is 0 Å². The molecule has 0 atom stereocenters. The van der Waals surface area contributed by atoms with Gasteiger partial charge in [-0.1, -0.05) is 48.5 Å². The average Bonchev–Trinajstić information content (AvgIpc) is 2.98. The minimum absolute atomic E-state index is 0.0540. The number of hydrogen-bond donors (Lipinski definition) is 2. The zero-order valence-electron chi connectivity index (χ0n) is 14.1. The Morgan fingerprint density at radius 1 is 1.00 bits per heavy atom. The van der Waals surface area contributed by atoms with Gasteiger partial charge >= 0.3 is 6.09 Å². The second-order valence-electron chi connectivity index (χ2n) is 6.23. The van der Waals surface area contributed by atoms with Gasteiger partial charge in [0.05, 0.1) is 5.69 Å². The van der Waals surface area contributed by atoms with Crippen LogP contribution in [0.1, 0.15) is 17.0 Å². The molecule has 0 bridgehead atoms. The molecule has 0 fully saturated rings. The molecule has 4 rings (SSSR count). The molecule has 6 heteroatoms. The molecular formula is C21H15F2NO3. The van der Waals surface area contributed by atoms with Crippen molar-refractivity contribution in [1.82, 2.24) is 0 Å². The first kappa shape index (κ1) is 17.0. The van der Waals surface area contributed by atoms with Crippen molar-refractivity contribution in [3.05, 3.63) is 83.4 Å². The Morgan fingerprint density at radius 3 is 2.22 bits per heavy atom. The number of rotatable bonds is 3. The van der Waals surface area contributed by atoms with E-state index >= 15 is 0 Å². The molecular weight excluding hydrogens is 352 g/mol. The van der Waals surface area contributed by atoms with Crippen LogP contribution in [0.2, 0.25) is 0 Å². The van der Waals surface area contributed by atoms with Gasteiger partial charge in [0.1, 0.15) is 12.4 Å². The first-order chi connectivity index (χ1) is 13.0. The van der Waals surface area contributed by atoms with Crippen molar-refractivity contribution in [3.8, 4) is 16.9 Å². The summed E-state index contributed by atoms with van der Waals surface area (Å²) in [4.78, 5) is 12.1. The number of amides is 1. The molecule has 0 radical (unpaired) electrons. The highest BCUT2D eigenvalue weighted by Gasteiger charge is 2.29. The number of carbonyl (C=O) groups is 1. The van der Waals surface area contributed by atoms with E-state index in [-0.39, 0.29) is 18.2 Å². The van der Waals surface area contributed by atoms with Gasteiger partial charge in [0, 0.05) is 18.1 Å². The van der Waals surface area contributed by atoms with Crippen LogP contribution in [0, 0.1) is 11.6 Å². The number of nitrogens with one attached hydrogen (secondary N) is 1. The topological polar surface area (TPSA) is 58.6 Å². The Kier molecular flexibility index (Phi) is 4.24. The van der Waals surface area contributed by atoms with Crippen molar-refractivity contribution in [3.63, 3.8) is 0 Å². The molecule has 0 heterocycles. The molecule has 0 aromatic heterocycles. The Labute approximate surface area is 154 Å². The number of fused-ring (bicyclic) bond motifs is 3. The monoisotopic (exact) mass is 367 g/mol. The minimum atomic E-state index is -1.16. The summed E-state index contributed by atoms with van der Waals surface area (Å²) in [5.41, 5.74) is 3.89. The van der Waals surface area contributed by atoms with Crippen LogP contribution in [0.3, 0.4) is 0 Å². The van der Waals surface area contributed by atoms with E-state index in [9.17, 15) is 18.7 Å². The first-order valence-electron chi connectivity index (χ1n) is 8.34. The molecule has 0 aliphatic heterocycles. The van der Waals surface area contributed by atoms with Crippen LogP contribution in [0.4, 0.5) is 19.3 Å². The van der Waals surface area contributed by atoms with Crippen LogP contribution in [-0.4, -0.2) is 17.8 Å². The zero-order valence-corrected chi connectivity index (χ0v) is 14.1. The fourth-order valence-electron chi connectivity index (χ4n) is 3.41. The summed E-state index contributed by atoms with van der Waals surface area (Å²) < 4.78 is 31.9. The molecule has 4 nitrogen and oxygen atoms in total. The molecule has 27 heavy (non-hydrogen) atoms. The molecule has 0 unspecified atom stereocenters. The molecule has 0 saturated heterocycles. The maximum absolute atomic E-state index is 13.4. The Bertz CT molecular complexity index is 990. The Morgan fingerprint density at radius 2 is 1.59 bits per heavy atom. The number of phenols is 1. The van der Waals surface area contributed by atoms with Crippen LogP contribution in [0.5, 0.6) is 5.75 Å². The first-order valence-corrected chi connectivity index (χ1v) is 8.34. The van der Waals surface area contributed by atoms with Crippen molar-refractivity contribution in [2.24, 2.45) is 0 Å². The van der Waals surface area contributed by atoms with Gasteiger partial charge in [-0.25, -0.2) is 13.6 Å². The van der Waals surface area contributed by atoms with Gasteiger partial charge < -0.3 is 9.84 Å². The smallest absolute Gasteiger partial charge is 0.411 e. The quantitative estimate of drug-likeness (QED) is 0.638. The number of halogens is 2. The predicted octanol–water partition coefficient (Wildman–Crippen LogP) is 5.03. The summed E-state index contributed by atoms with van der Waals surface area (Å²) in [5, 5.41) is 11.8. The van der Waals surface area contributed by atoms with Crippen molar-refractivity contribution >= 4 is 11.8 Å². The number of hydrogen-bond acceptors (Lipinski definition) is 3. The largest absolute Gasteiger partial charge is 0.503 e. The lowest BCUT2D eigenvalue weighted by Gasteiger charge is -2.15. The van der Waals surface area contributed by atoms with Gasteiger partial charge in [0.25, 0.3) is 0 Å². The number of benzene rings is 3. The predicted molar refractivity (Wildman–Crippen MR) is 96.7 cm³/mol. The van der Waals surface area contributed by atoms with Crippen molar-refractivity contribution in [2.45, 2.75) is 5.92 Å². The third kappa shape index (κ3) is 3.10. The van der Waals surface area contributed by atoms with E-state index in [1.54, 1.807) is 0 Å². The molecule has 3 aromatic carbocycles. The van der Waals surface area contributed by atoms with Crippen molar-refractivity contribution in [1.29, 1.82) is 0 Å². The van der Waals surface area contributed by atoms with Crippen LogP contribution in [0.25, 0.3) is 11.1 Å². The third-order valence-electron chi connectivity index (χ3n) is 4.61. The zero-order chi connectivity index (χ0) is 19.0. The summed E-state index contributed by atoms with van der Waals surface area (Å²) in [5.74, 6) is -3.06. The second-order valence-corrected chi connectivity index (χ2v) is 6.23. The molecule has 1 aliphatic carbocycles. The summed E-state index contributed by atoms with van der Waals surface area (Å²) in [7, 11) is 0. The molecule has 0 spiro atoms. The van der Waals surface area contributed by atoms with E-state index in [0.717, 1.165) is 28.3 Å². The number of phenolic OH excluding ortho intramolecular Hbond substituents is 1. The van der Waals surface area contributed by atoms with Crippen LogP contribution < -0.4 is 5.32 Å². The maximum Gasteiger partial charge on any atom is 0.411 e. The van der Waals surface area contributed by atoms with E-state index in [1.807, 2.05) is 48.5 Å². The lowest BCUT2D eigenvalue weighted by Crippen LogP contribution is -2.18. The number of aromatic hydroxyl groups is 1. The van der Waals surface area contributed by atoms with E-state index < -0.39 is 23.5 Å². The van der Waals surface area contributed by atoms with Gasteiger partial charge in [-0.05, 0) is 22.3 Å². The van der Waals surface area contributed by atoms with Gasteiger partial charge in [0.2, 0.25) is 0 Å². The van der Waals surface area contributed by atoms with Gasteiger partial charge in [-0.15, -0.1) is 0 Å². The molecule has 2 N–H and O–H groups in total. The number of anilines is 1. The highest BCUT2D eigenvalue weighted by atomic mass is 19.1. The summed E-state index contributed by atoms with van der Waals surface area (Å²) >= 11 is 0. The highest BCUT2D eigenvalue weighted by Crippen LogP contribution is 2.44.